The van der Waals surface area contributed by atoms with E-state index in [9.17, 15) is 9.59 Å². The maximum absolute atomic E-state index is 11.8. The molecule has 0 aliphatic heterocycles. The zero-order valence-corrected chi connectivity index (χ0v) is 12.1. The van der Waals surface area contributed by atoms with E-state index in [1.54, 1.807) is 30.3 Å². The van der Waals surface area contributed by atoms with Crippen molar-refractivity contribution < 1.29 is 14.3 Å². The fourth-order valence-corrected chi connectivity index (χ4v) is 1.96. The number of carbonyl (C=O) groups is 2. The SMILES string of the molecule is O=Cc1cccc(OCC(=O)Nc2ccccc2Br)c1. The van der Waals surface area contributed by atoms with Crippen molar-refractivity contribution in [1.82, 2.24) is 0 Å². The molecule has 2 aromatic carbocycles. The Kier molecular flexibility index (Phi) is 4.90. The minimum absolute atomic E-state index is 0.121. The summed E-state index contributed by atoms with van der Waals surface area (Å²) in [5.74, 6) is 0.213. The van der Waals surface area contributed by atoms with E-state index in [1.807, 2.05) is 18.2 Å². The van der Waals surface area contributed by atoms with Gasteiger partial charge in [-0.15, -0.1) is 0 Å². The predicted octanol–water partition coefficient (Wildman–Crippen LogP) is 3.28. The van der Waals surface area contributed by atoms with Crippen molar-refractivity contribution >= 4 is 33.8 Å². The van der Waals surface area contributed by atoms with E-state index in [1.165, 1.54) is 0 Å². The molecule has 0 saturated carbocycles. The Morgan fingerprint density at radius 2 is 2.00 bits per heavy atom. The van der Waals surface area contributed by atoms with Gasteiger partial charge in [0.2, 0.25) is 0 Å². The van der Waals surface area contributed by atoms with E-state index in [0.717, 1.165) is 10.8 Å². The maximum Gasteiger partial charge on any atom is 0.262 e. The first-order valence-electron chi connectivity index (χ1n) is 5.91. The third kappa shape index (κ3) is 3.93. The highest BCUT2D eigenvalue weighted by Crippen LogP contribution is 2.21. The van der Waals surface area contributed by atoms with Crippen LogP contribution in [0.2, 0.25) is 0 Å². The van der Waals surface area contributed by atoms with Crippen LogP contribution >= 0.6 is 15.9 Å². The molecule has 0 heterocycles. The van der Waals surface area contributed by atoms with E-state index in [0.29, 0.717) is 17.0 Å². The summed E-state index contributed by atoms with van der Waals surface area (Å²) >= 11 is 3.35. The predicted molar refractivity (Wildman–Crippen MR) is 80.1 cm³/mol. The average molecular weight is 334 g/mol. The Morgan fingerprint density at radius 3 is 2.75 bits per heavy atom. The Bertz CT molecular complexity index is 628. The summed E-state index contributed by atoms with van der Waals surface area (Å²) in [5.41, 5.74) is 1.19. The van der Waals surface area contributed by atoms with Crippen LogP contribution in [0.15, 0.2) is 53.0 Å². The molecule has 0 radical (unpaired) electrons. The first-order valence-corrected chi connectivity index (χ1v) is 6.71. The topological polar surface area (TPSA) is 55.4 Å². The van der Waals surface area contributed by atoms with Crippen LogP contribution in [-0.2, 0) is 4.79 Å². The monoisotopic (exact) mass is 333 g/mol. The van der Waals surface area contributed by atoms with Crippen LogP contribution in [0.5, 0.6) is 5.75 Å². The smallest absolute Gasteiger partial charge is 0.262 e. The highest BCUT2D eigenvalue weighted by molar-refractivity contribution is 9.10. The Labute approximate surface area is 124 Å². The normalized spacial score (nSPS) is 9.85. The summed E-state index contributed by atoms with van der Waals surface area (Å²) < 4.78 is 6.14. The number of amides is 1. The number of benzene rings is 2. The lowest BCUT2D eigenvalue weighted by molar-refractivity contribution is -0.118. The maximum atomic E-state index is 11.8. The summed E-state index contributed by atoms with van der Waals surface area (Å²) in [7, 11) is 0. The zero-order valence-electron chi connectivity index (χ0n) is 10.5. The molecule has 1 N–H and O–H groups in total. The van der Waals surface area contributed by atoms with Gasteiger partial charge in [0, 0.05) is 10.0 Å². The van der Waals surface area contributed by atoms with Gasteiger partial charge in [0.05, 0.1) is 5.69 Å². The first-order chi connectivity index (χ1) is 9.69. The molecular formula is C15H12BrNO3. The fourth-order valence-electron chi connectivity index (χ4n) is 1.58. The van der Waals surface area contributed by atoms with Gasteiger partial charge in [-0.3, -0.25) is 9.59 Å². The summed E-state index contributed by atoms with van der Waals surface area (Å²) in [4.78, 5) is 22.4. The Morgan fingerprint density at radius 1 is 1.20 bits per heavy atom. The minimum Gasteiger partial charge on any atom is -0.484 e. The molecule has 0 aliphatic carbocycles. The van der Waals surface area contributed by atoms with Crippen molar-refractivity contribution in [1.29, 1.82) is 0 Å². The number of nitrogens with one attached hydrogen (secondary N) is 1. The van der Waals surface area contributed by atoms with E-state index in [2.05, 4.69) is 21.2 Å². The summed E-state index contributed by atoms with van der Waals surface area (Å²) in [6.07, 6.45) is 0.730. The standard InChI is InChI=1S/C15H12BrNO3/c16-13-6-1-2-7-14(13)17-15(19)10-20-12-5-3-4-11(8-12)9-18/h1-9H,10H2,(H,17,19). The molecule has 0 bridgehead atoms. The van der Waals surface area contributed by atoms with Crippen molar-refractivity contribution in [3.8, 4) is 5.75 Å². The van der Waals surface area contributed by atoms with E-state index < -0.39 is 0 Å². The van der Waals surface area contributed by atoms with Crippen LogP contribution in [0, 0.1) is 0 Å². The number of anilines is 1. The number of carbonyl (C=O) groups excluding carboxylic acids is 2. The quantitative estimate of drug-likeness (QED) is 0.854. The lowest BCUT2D eigenvalue weighted by Crippen LogP contribution is -2.20. The highest BCUT2D eigenvalue weighted by Gasteiger charge is 2.06. The molecule has 0 atom stereocenters. The van der Waals surface area contributed by atoms with Gasteiger partial charge in [-0.1, -0.05) is 24.3 Å². The summed E-state index contributed by atoms with van der Waals surface area (Å²) in [6.45, 7) is -0.121. The second-order valence-corrected chi connectivity index (χ2v) is 4.86. The van der Waals surface area contributed by atoms with Gasteiger partial charge in [0.1, 0.15) is 12.0 Å². The first kappa shape index (κ1) is 14.3. The number of hydrogen-bond acceptors (Lipinski definition) is 3. The molecule has 0 spiro atoms. The van der Waals surface area contributed by atoms with Crippen molar-refractivity contribution in [2.75, 3.05) is 11.9 Å². The lowest BCUT2D eigenvalue weighted by Gasteiger charge is -2.09. The molecule has 0 aliphatic rings. The molecule has 4 nitrogen and oxygen atoms in total. The van der Waals surface area contributed by atoms with Crippen LogP contribution in [0.3, 0.4) is 0 Å². The van der Waals surface area contributed by atoms with Crippen molar-refractivity contribution in [2.24, 2.45) is 0 Å². The summed E-state index contributed by atoms with van der Waals surface area (Å²) in [6, 6.07) is 14.0. The minimum atomic E-state index is -0.270. The van der Waals surface area contributed by atoms with Gasteiger partial charge >= 0.3 is 0 Å². The van der Waals surface area contributed by atoms with E-state index >= 15 is 0 Å². The number of rotatable bonds is 5. The molecule has 1 amide bonds. The van der Waals surface area contributed by atoms with Gasteiger partial charge in [-0.2, -0.15) is 0 Å². The van der Waals surface area contributed by atoms with Gasteiger partial charge in [-0.25, -0.2) is 0 Å². The van der Waals surface area contributed by atoms with Crippen LogP contribution in [0.4, 0.5) is 5.69 Å². The van der Waals surface area contributed by atoms with Gasteiger partial charge in [0.15, 0.2) is 6.61 Å². The van der Waals surface area contributed by atoms with Crippen LogP contribution in [0.25, 0.3) is 0 Å². The molecule has 102 valence electrons. The molecule has 0 aromatic heterocycles. The zero-order chi connectivity index (χ0) is 14.4. The molecular weight excluding hydrogens is 322 g/mol. The molecule has 20 heavy (non-hydrogen) atoms. The largest absolute Gasteiger partial charge is 0.484 e. The van der Waals surface area contributed by atoms with Crippen LogP contribution < -0.4 is 10.1 Å². The number of hydrogen-bond donors (Lipinski definition) is 1. The van der Waals surface area contributed by atoms with Crippen LogP contribution in [-0.4, -0.2) is 18.8 Å². The average Bonchev–Trinajstić information content (AvgIpc) is 2.48. The van der Waals surface area contributed by atoms with Crippen LogP contribution in [0.1, 0.15) is 10.4 Å². The van der Waals surface area contributed by atoms with Gasteiger partial charge in [0.25, 0.3) is 5.91 Å². The van der Waals surface area contributed by atoms with Crippen molar-refractivity contribution in [3.05, 3.63) is 58.6 Å². The third-order valence-electron chi connectivity index (χ3n) is 2.51. The van der Waals surface area contributed by atoms with E-state index in [-0.39, 0.29) is 12.5 Å². The number of aldehydes is 1. The lowest BCUT2D eigenvalue weighted by atomic mass is 10.2. The number of ether oxygens (including phenoxy) is 1. The molecule has 0 saturated heterocycles. The van der Waals surface area contributed by atoms with Crippen molar-refractivity contribution in [2.45, 2.75) is 0 Å². The molecule has 0 fully saturated rings. The van der Waals surface area contributed by atoms with Crippen molar-refractivity contribution in [3.63, 3.8) is 0 Å². The second-order valence-electron chi connectivity index (χ2n) is 4.01. The highest BCUT2D eigenvalue weighted by atomic mass is 79.9. The Hall–Kier alpha value is -2.14. The number of halogens is 1. The molecule has 2 rings (SSSR count). The second kappa shape index (κ2) is 6.86. The molecule has 5 heteroatoms. The van der Waals surface area contributed by atoms with E-state index in [4.69, 9.17) is 4.74 Å². The molecule has 0 unspecified atom stereocenters. The van der Waals surface area contributed by atoms with Gasteiger partial charge in [-0.05, 0) is 40.2 Å². The summed E-state index contributed by atoms with van der Waals surface area (Å²) in [5, 5.41) is 2.73. The van der Waals surface area contributed by atoms with Gasteiger partial charge < -0.3 is 10.1 Å². The third-order valence-corrected chi connectivity index (χ3v) is 3.20. The Balaban J connectivity index is 1.92. The molecule has 2 aromatic rings. The number of para-hydroxylation sites is 1. The fraction of sp³-hybridized carbons (Fsp3) is 0.0667.